The molecule has 0 spiro atoms. The minimum Gasteiger partial charge on any atom is -0.240 e. The molecule has 0 aromatic heterocycles. The van der Waals surface area contributed by atoms with Crippen LogP contribution in [0.25, 0.3) is 6.08 Å². The average molecular weight is 510 g/mol. The van der Waals surface area contributed by atoms with Gasteiger partial charge in [-0.1, -0.05) is 74.7 Å². The molecule has 0 saturated heterocycles. The van der Waals surface area contributed by atoms with Crippen LogP contribution in [0.3, 0.4) is 0 Å². The Labute approximate surface area is 209 Å². The topological polar surface area (TPSA) is 39.4 Å². The standard InChI is InChI=1S/C22H18Cl2F3N3.C4H10/c1-4-30(29-14(2)3)21-8-6-15(9-17(21)13-28)5-7-20(22(25,26)27)16-10-18(23)12-19(24)11-16;1-3-4-2/h4-12,20H,1H2,2-3H3;3-4H2,1-2H3/b7-5+;. The van der Waals surface area contributed by atoms with E-state index in [9.17, 15) is 18.4 Å². The summed E-state index contributed by atoms with van der Waals surface area (Å²) in [6.45, 7) is 11.6. The van der Waals surface area contributed by atoms with E-state index in [1.165, 1.54) is 54.4 Å². The Morgan fingerprint density at radius 3 is 2.15 bits per heavy atom. The van der Waals surface area contributed by atoms with Gasteiger partial charge in [0.2, 0.25) is 0 Å². The van der Waals surface area contributed by atoms with E-state index in [-0.39, 0.29) is 21.2 Å². The molecule has 0 N–H and O–H groups in total. The Hall–Kier alpha value is -2.75. The van der Waals surface area contributed by atoms with Crippen LogP contribution in [0.4, 0.5) is 18.9 Å². The van der Waals surface area contributed by atoms with Crippen molar-refractivity contribution in [2.24, 2.45) is 5.10 Å². The van der Waals surface area contributed by atoms with Gasteiger partial charge in [0.25, 0.3) is 0 Å². The number of nitriles is 1. The number of anilines is 1. The largest absolute Gasteiger partial charge is 0.399 e. The Morgan fingerprint density at radius 2 is 1.71 bits per heavy atom. The molecular formula is C26H28Cl2F3N3. The summed E-state index contributed by atoms with van der Waals surface area (Å²) in [5.41, 5.74) is 1.82. The highest BCUT2D eigenvalue weighted by Crippen LogP contribution is 2.38. The predicted octanol–water partition coefficient (Wildman–Crippen LogP) is 9.38. The summed E-state index contributed by atoms with van der Waals surface area (Å²) in [6, 6.07) is 10.6. The van der Waals surface area contributed by atoms with Crippen LogP contribution in [-0.4, -0.2) is 11.9 Å². The number of halogens is 5. The number of alkyl halides is 3. The number of nitrogens with zero attached hydrogens (tertiary/aromatic N) is 3. The van der Waals surface area contributed by atoms with E-state index < -0.39 is 12.1 Å². The van der Waals surface area contributed by atoms with Crippen molar-refractivity contribution >= 4 is 40.7 Å². The fourth-order valence-corrected chi connectivity index (χ4v) is 3.27. The van der Waals surface area contributed by atoms with Gasteiger partial charge in [-0.15, -0.1) is 0 Å². The summed E-state index contributed by atoms with van der Waals surface area (Å²) in [4.78, 5) is 0. The Kier molecular flexibility index (Phi) is 11.9. The molecule has 2 aromatic rings. The summed E-state index contributed by atoms with van der Waals surface area (Å²) in [6.07, 6.45) is 1.86. The first-order chi connectivity index (χ1) is 16.0. The predicted molar refractivity (Wildman–Crippen MR) is 137 cm³/mol. The van der Waals surface area contributed by atoms with Gasteiger partial charge in [-0.2, -0.15) is 23.5 Å². The summed E-state index contributed by atoms with van der Waals surface area (Å²) < 4.78 is 40.9. The number of hydrogen-bond acceptors (Lipinski definition) is 3. The third-order valence-electron chi connectivity index (χ3n) is 4.45. The van der Waals surface area contributed by atoms with Crippen molar-refractivity contribution in [3.63, 3.8) is 0 Å². The second kappa shape index (κ2) is 13.8. The Bertz CT molecular complexity index is 1040. The van der Waals surface area contributed by atoms with Gasteiger partial charge in [0.05, 0.1) is 17.2 Å². The highest BCUT2D eigenvalue weighted by Gasteiger charge is 2.39. The molecule has 2 rings (SSSR count). The van der Waals surface area contributed by atoms with Crippen LogP contribution < -0.4 is 5.01 Å². The van der Waals surface area contributed by atoms with E-state index >= 15 is 0 Å². The van der Waals surface area contributed by atoms with Crippen LogP contribution in [0.15, 0.2) is 60.4 Å². The number of rotatable bonds is 7. The first-order valence-electron chi connectivity index (χ1n) is 10.6. The number of unbranched alkanes of at least 4 members (excludes halogenated alkanes) is 1. The van der Waals surface area contributed by atoms with Crippen LogP contribution in [0.5, 0.6) is 0 Å². The molecule has 0 fully saturated rings. The van der Waals surface area contributed by atoms with Gasteiger partial charge < -0.3 is 0 Å². The minimum absolute atomic E-state index is 0.0704. The smallest absolute Gasteiger partial charge is 0.240 e. The van der Waals surface area contributed by atoms with Crippen LogP contribution in [0.2, 0.25) is 10.0 Å². The molecule has 0 saturated carbocycles. The Balaban J connectivity index is 0.00000133. The molecule has 0 aliphatic heterocycles. The number of hydrogen-bond donors (Lipinski definition) is 0. The first kappa shape index (κ1) is 29.3. The van der Waals surface area contributed by atoms with Gasteiger partial charge in [0.15, 0.2) is 0 Å². The molecule has 1 atom stereocenters. The fourth-order valence-electron chi connectivity index (χ4n) is 2.73. The lowest BCUT2D eigenvalue weighted by molar-refractivity contribution is -0.139. The van der Waals surface area contributed by atoms with Gasteiger partial charge in [0, 0.05) is 22.0 Å². The molecule has 1 unspecified atom stereocenters. The summed E-state index contributed by atoms with van der Waals surface area (Å²) >= 11 is 11.7. The zero-order valence-corrected chi connectivity index (χ0v) is 21.1. The van der Waals surface area contributed by atoms with Crippen molar-refractivity contribution in [2.45, 2.75) is 52.6 Å². The highest BCUT2D eigenvalue weighted by molar-refractivity contribution is 6.34. The molecule has 8 heteroatoms. The maximum absolute atomic E-state index is 13.6. The third-order valence-corrected chi connectivity index (χ3v) is 4.88. The maximum atomic E-state index is 13.6. The van der Waals surface area contributed by atoms with E-state index in [4.69, 9.17) is 23.2 Å². The lowest BCUT2D eigenvalue weighted by Crippen LogP contribution is -2.18. The van der Waals surface area contributed by atoms with Gasteiger partial charge in [-0.3, -0.25) is 0 Å². The molecule has 3 nitrogen and oxygen atoms in total. The normalized spacial score (nSPS) is 11.8. The minimum atomic E-state index is -4.55. The van der Waals surface area contributed by atoms with Crippen molar-refractivity contribution in [1.29, 1.82) is 5.26 Å². The molecule has 34 heavy (non-hydrogen) atoms. The van der Waals surface area contributed by atoms with Crippen LogP contribution >= 0.6 is 23.2 Å². The number of benzene rings is 2. The summed E-state index contributed by atoms with van der Waals surface area (Å²) in [7, 11) is 0. The highest BCUT2D eigenvalue weighted by atomic mass is 35.5. The maximum Gasteiger partial charge on any atom is 0.399 e. The van der Waals surface area contributed by atoms with Crippen LogP contribution in [0, 0.1) is 11.3 Å². The fraction of sp³-hybridized carbons (Fsp3) is 0.308. The molecule has 0 radical (unpaired) electrons. The molecule has 0 bridgehead atoms. The second-order valence-corrected chi connectivity index (χ2v) is 8.42. The van der Waals surface area contributed by atoms with E-state index in [0.29, 0.717) is 11.3 Å². The molecule has 0 heterocycles. The number of hydrazone groups is 1. The molecule has 0 aliphatic rings. The van der Waals surface area contributed by atoms with E-state index in [2.05, 4.69) is 25.5 Å². The zero-order valence-electron chi connectivity index (χ0n) is 19.6. The van der Waals surface area contributed by atoms with E-state index in [1.54, 1.807) is 26.0 Å². The summed E-state index contributed by atoms with van der Waals surface area (Å²) in [5.74, 6) is -1.91. The molecule has 2 aromatic carbocycles. The van der Waals surface area contributed by atoms with Crippen LogP contribution in [-0.2, 0) is 0 Å². The third kappa shape index (κ3) is 9.24. The van der Waals surface area contributed by atoms with E-state index in [0.717, 1.165) is 11.8 Å². The van der Waals surface area contributed by atoms with Crippen molar-refractivity contribution in [3.8, 4) is 6.07 Å². The van der Waals surface area contributed by atoms with Crippen molar-refractivity contribution in [1.82, 2.24) is 0 Å². The quantitative estimate of drug-likeness (QED) is 0.275. The lowest BCUT2D eigenvalue weighted by atomic mass is 9.96. The monoisotopic (exact) mass is 509 g/mol. The average Bonchev–Trinajstić information content (AvgIpc) is 2.76. The molecule has 0 amide bonds. The van der Waals surface area contributed by atoms with Crippen molar-refractivity contribution < 1.29 is 13.2 Å². The molecule has 182 valence electrons. The van der Waals surface area contributed by atoms with Crippen LogP contribution in [0.1, 0.15) is 63.1 Å². The van der Waals surface area contributed by atoms with Gasteiger partial charge in [-0.05, 0) is 55.3 Å². The lowest BCUT2D eigenvalue weighted by Gasteiger charge is -2.18. The van der Waals surface area contributed by atoms with Crippen molar-refractivity contribution in [3.05, 3.63) is 82.0 Å². The zero-order chi connectivity index (χ0) is 25.9. The second-order valence-electron chi connectivity index (χ2n) is 7.54. The number of allylic oxidation sites excluding steroid dienone is 1. The van der Waals surface area contributed by atoms with Gasteiger partial charge in [-0.25, -0.2) is 5.01 Å². The van der Waals surface area contributed by atoms with Crippen molar-refractivity contribution in [2.75, 3.05) is 5.01 Å². The summed E-state index contributed by atoms with van der Waals surface area (Å²) in [5, 5.41) is 15.4. The molecule has 0 aliphatic carbocycles. The first-order valence-corrected chi connectivity index (χ1v) is 11.4. The van der Waals surface area contributed by atoms with Gasteiger partial charge >= 0.3 is 6.18 Å². The van der Waals surface area contributed by atoms with Gasteiger partial charge in [0.1, 0.15) is 6.07 Å². The van der Waals surface area contributed by atoms with E-state index in [1.807, 2.05) is 6.07 Å². The Morgan fingerprint density at radius 1 is 1.12 bits per heavy atom. The SMILES string of the molecule is C=CN(N=C(C)C)c1ccc(/C=C/C(c2cc(Cl)cc(Cl)c2)C(F)(F)F)cc1C#N.CCCC. The molecular weight excluding hydrogens is 482 g/mol.